The summed E-state index contributed by atoms with van der Waals surface area (Å²) in [4.78, 5) is 17.6. The molecule has 0 fully saturated rings. The highest BCUT2D eigenvalue weighted by atomic mass is 15.4. The van der Waals surface area contributed by atoms with Crippen molar-refractivity contribution in [3.05, 3.63) is 85.3 Å². The Balaban J connectivity index is 1.28. The highest BCUT2D eigenvalue weighted by Gasteiger charge is 2.19. The van der Waals surface area contributed by atoms with E-state index in [1.807, 2.05) is 54.6 Å². The van der Waals surface area contributed by atoms with Crippen LogP contribution in [0, 0.1) is 0 Å². The van der Waals surface area contributed by atoms with Gasteiger partial charge < -0.3 is 10.6 Å². The van der Waals surface area contributed by atoms with E-state index in [2.05, 4.69) is 61.5 Å². The highest BCUT2D eigenvalue weighted by molar-refractivity contribution is 5.56. The standard InChI is InChI=1S/C24H24N10/c1-24(2,3)21-26-15-33(31-21)19-11-9-18(10-12-19)28-22-25-14-13-20(30-22)34-16-27-23(32-34)29-17-7-5-4-6-8-17/h4-16H,1-3H3,(H,29,32)(H,25,28,30). The van der Waals surface area contributed by atoms with Crippen LogP contribution in [0.15, 0.2) is 79.5 Å². The molecule has 170 valence electrons. The molecule has 10 heteroatoms. The number of para-hydroxylation sites is 1. The molecule has 0 radical (unpaired) electrons. The molecule has 0 aliphatic heterocycles. The van der Waals surface area contributed by atoms with Gasteiger partial charge in [-0.2, -0.15) is 15.1 Å². The molecule has 3 heterocycles. The van der Waals surface area contributed by atoms with Crippen molar-refractivity contribution in [2.24, 2.45) is 0 Å². The van der Waals surface area contributed by atoms with Crippen LogP contribution in [0.4, 0.5) is 23.3 Å². The lowest BCUT2D eigenvalue weighted by molar-refractivity contribution is 0.543. The molecule has 2 aromatic carbocycles. The summed E-state index contributed by atoms with van der Waals surface area (Å²) in [6, 6.07) is 19.3. The molecule has 5 aromatic rings. The Kier molecular flexibility index (Phi) is 5.46. The lowest BCUT2D eigenvalue weighted by Gasteiger charge is -2.12. The van der Waals surface area contributed by atoms with Crippen molar-refractivity contribution < 1.29 is 0 Å². The van der Waals surface area contributed by atoms with Crippen LogP contribution in [0.5, 0.6) is 0 Å². The third kappa shape index (κ3) is 4.75. The second kappa shape index (κ2) is 8.74. The molecule has 2 N–H and O–H groups in total. The van der Waals surface area contributed by atoms with E-state index in [1.165, 1.54) is 0 Å². The summed E-state index contributed by atoms with van der Waals surface area (Å²) in [5.74, 6) is 2.34. The van der Waals surface area contributed by atoms with E-state index in [9.17, 15) is 0 Å². The van der Waals surface area contributed by atoms with Gasteiger partial charge in [-0.25, -0.2) is 19.3 Å². The van der Waals surface area contributed by atoms with Gasteiger partial charge in [0.25, 0.3) is 0 Å². The summed E-state index contributed by atoms with van der Waals surface area (Å²) in [6.07, 6.45) is 5.01. The molecule has 0 atom stereocenters. The maximum absolute atomic E-state index is 4.58. The van der Waals surface area contributed by atoms with E-state index >= 15 is 0 Å². The predicted molar refractivity (Wildman–Crippen MR) is 130 cm³/mol. The van der Waals surface area contributed by atoms with Crippen molar-refractivity contribution in [3.63, 3.8) is 0 Å². The van der Waals surface area contributed by atoms with Gasteiger partial charge in [-0.3, -0.25) is 0 Å². The maximum Gasteiger partial charge on any atom is 0.247 e. The smallest absolute Gasteiger partial charge is 0.247 e. The zero-order chi connectivity index (χ0) is 23.5. The van der Waals surface area contributed by atoms with Gasteiger partial charge in [0.2, 0.25) is 11.9 Å². The topological polar surface area (TPSA) is 111 Å². The molecule has 0 spiro atoms. The summed E-state index contributed by atoms with van der Waals surface area (Å²) in [6.45, 7) is 6.27. The van der Waals surface area contributed by atoms with Crippen LogP contribution >= 0.6 is 0 Å². The first-order valence-electron chi connectivity index (χ1n) is 10.8. The zero-order valence-electron chi connectivity index (χ0n) is 19.1. The van der Waals surface area contributed by atoms with Crippen LogP contribution in [-0.2, 0) is 5.41 Å². The number of nitrogens with one attached hydrogen (secondary N) is 2. The summed E-state index contributed by atoms with van der Waals surface area (Å²) in [5.41, 5.74) is 2.58. The van der Waals surface area contributed by atoms with Gasteiger partial charge >= 0.3 is 0 Å². The molecule has 0 unspecified atom stereocenters. The molecule has 5 rings (SSSR count). The van der Waals surface area contributed by atoms with Crippen LogP contribution < -0.4 is 10.6 Å². The number of anilines is 4. The first-order valence-corrected chi connectivity index (χ1v) is 10.8. The largest absolute Gasteiger partial charge is 0.324 e. The summed E-state index contributed by atoms with van der Waals surface area (Å²) < 4.78 is 3.37. The quantitative estimate of drug-likeness (QED) is 0.389. The van der Waals surface area contributed by atoms with Crippen molar-refractivity contribution in [2.45, 2.75) is 26.2 Å². The fourth-order valence-corrected chi connectivity index (χ4v) is 3.18. The average Bonchev–Trinajstić information content (AvgIpc) is 3.51. The third-order valence-electron chi connectivity index (χ3n) is 4.95. The Labute approximate surface area is 196 Å². The second-order valence-corrected chi connectivity index (χ2v) is 8.68. The SMILES string of the molecule is CC(C)(C)c1ncn(-c2ccc(Nc3nccc(-n4cnc(Nc5ccccc5)n4)n3)cc2)n1. The fraction of sp³-hybridized carbons (Fsp3) is 0.167. The van der Waals surface area contributed by atoms with Gasteiger partial charge in [0.1, 0.15) is 12.7 Å². The molecule has 0 aliphatic rings. The van der Waals surface area contributed by atoms with Gasteiger partial charge in [-0.1, -0.05) is 39.0 Å². The van der Waals surface area contributed by atoms with Crippen LogP contribution in [0.1, 0.15) is 26.6 Å². The van der Waals surface area contributed by atoms with Crippen molar-refractivity contribution >= 4 is 23.3 Å². The van der Waals surface area contributed by atoms with Crippen molar-refractivity contribution in [2.75, 3.05) is 10.6 Å². The number of hydrogen-bond acceptors (Lipinski definition) is 8. The molecular formula is C24H24N10. The number of rotatable bonds is 6. The minimum atomic E-state index is -0.0996. The Morgan fingerprint density at radius 1 is 0.676 bits per heavy atom. The van der Waals surface area contributed by atoms with E-state index in [0.29, 0.717) is 17.7 Å². The summed E-state index contributed by atoms with van der Waals surface area (Å²) in [7, 11) is 0. The lowest BCUT2D eigenvalue weighted by atomic mass is 9.96. The van der Waals surface area contributed by atoms with Crippen molar-refractivity contribution in [1.29, 1.82) is 0 Å². The highest BCUT2D eigenvalue weighted by Crippen LogP contribution is 2.20. The number of aromatic nitrogens is 8. The van der Waals surface area contributed by atoms with E-state index < -0.39 is 0 Å². The lowest BCUT2D eigenvalue weighted by Crippen LogP contribution is -2.14. The van der Waals surface area contributed by atoms with Gasteiger partial charge in [0.15, 0.2) is 11.6 Å². The third-order valence-corrected chi connectivity index (χ3v) is 4.95. The van der Waals surface area contributed by atoms with Gasteiger partial charge in [0.05, 0.1) is 5.69 Å². The monoisotopic (exact) mass is 452 g/mol. The van der Waals surface area contributed by atoms with E-state index in [4.69, 9.17) is 0 Å². The van der Waals surface area contributed by atoms with E-state index in [0.717, 1.165) is 22.9 Å². The molecule has 0 aliphatic carbocycles. The van der Waals surface area contributed by atoms with Crippen LogP contribution in [0.2, 0.25) is 0 Å². The Bertz CT molecular complexity index is 1380. The summed E-state index contributed by atoms with van der Waals surface area (Å²) in [5, 5.41) is 15.4. The molecule has 0 saturated heterocycles. The number of hydrogen-bond donors (Lipinski definition) is 2. The van der Waals surface area contributed by atoms with Gasteiger partial charge in [-0.15, -0.1) is 5.10 Å². The molecule has 0 bridgehead atoms. The summed E-state index contributed by atoms with van der Waals surface area (Å²) >= 11 is 0. The van der Waals surface area contributed by atoms with E-state index in [-0.39, 0.29) is 5.41 Å². The maximum atomic E-state index is 4.58. The Hall–Kier alpha value is -4.60. The molecule has 10 nitrogen and oxygen atoms in total. The predicted octanol–water partition coefficient (Wildman–Crippen LogP) is 4.42. The molecule has 34 heavy (non-hydrogen) atoms. The second-order valence-electron chi connectivity index (χ2n) is 8.68. The molecule has 0 amide bonds. The van der Waals surface area contributed by atoms with Gasteiger partial charge in [-0.05, 0) is 36.4 Å². The zero-order valence-corrected chi connectivity index (χ0v) is 19.1. The minimum absolute atomic E-state index is 0.0996. The first kappa shape index (κ1) is 21.3. The number of nitrogens with zero attached hydrogens (tertiary/aromatic N) is 8. The Morgan fingerprint density at radius 2 is 1.38 bits per heavy atom. The Morgan fingerprint density at radius 3 is 2.12 bits per heavy atom. The molecule has 0 saturated carbocycles. The molecule has 3 aromatic heterocycles. The van der Waals surface area contributed by atoms with E-state index in [1.54, 1.807) is 34.3 Å². The van der Waals surface area contributed by atoms with Crippen LogP contribution in [0.25, 0.3) is 11.5 Å². The van der Waals surface area contributed by atoms with Crippen molar-refractivity contribution in [3.8, 4) is 11.5 Å². The minimum Gasteiger partial charge on any atom is -0.324 e. The van der Waals surface area contributed by atoms with Gasteiger partial charge in [0, 0.05) is 29.1 Å². The molecular weight excluding hydrogens is 428 g/mol. The fourth-order valence-electron chi connectivity index (χ4n) is 3.18. The van der Waals surface area contributed by atoms with Crippen LogP contribution in [0.3, 0.4) is 0 Å². The van der Waals surface area contributed by atoms with Crippen molar-refractivity contribution in [1.82, 2.24) is 39.5 Å². The number of benzene rings is 2. The van der Waals surface area contributed by atoms with Crippen LogP contribution in [-0.4, -0.2) is 39.5 Å². The normalized spacial score (nSPS) is 11.4. The average molecular weight is 453 g/mol. The first-order chi connectivity index (χ1) is 16.4.